The molecule has 0 spiro atoms. The Labute approximate surface area is 96.4 Å². The van der Waals surface area contributed by atoms with Gasteiger partial charge in [0.15, 0.2) is 0 Å². The van der Waals surface area contributed by atoms with Crippen molar-refractivity contribution < 1.29 is 0 Å². The van der Waals surface area contributed by atoms with Crippen LogP contribution in [0.2, 0.25) is 0 Å². The van der Waals surface area contributed by atoms with Gasteiger partial charge in [0.05, 0.1) is 6.07 Å². The van der Waals surface area contributed by atoms with Gasteiger partial charge in [-0.1, -0.05) is 35.9 Å². The van der Waals surface area contributed by atoms with Gasteiger partial charge in [0, 0.05) is 0 Å². The van der Waals surface area contributed by atoms with E-state index in [-0.39, 0.29) is 0 Å². The standard InChI is InChI=1S/C14H16N2/c1-14(16,10-15)9-11-6-7-12-4-2-3-5-13(12)8-11/h2-5,8H,6-7,9,16H2,1H3. The first-order valence-corrected chi connectivity index (χ1v) is 5.58. The van der Waals surface area contributed by atoms with E-state index in [4.69, 9.17) is 11.0 Å². The summed E-state index contributed by atoms with van der Waals surface area (Å²) in [6.07, 6.45) is 4.92. The smallest absolute Gasteiger partial charge is 0.105 e. The molecule has 1 atom stereocenters. The van der Waals surface area contributed by atoms with Crippen LogP contribution in [-0.4, -0.2) is 5.54 Å². The minimum atomic E-state index is -0.738. The lowest BCUT2D eigenvalue weighted by Crippen LogP contribution is -2.34. The van der Waals surface area contributed by atoms with Crippen molar-refractivity contribution in [3.63, 3.8) is 0 Å². The van der Waals surface area contributed by atoms with Gasteiger partial charge in [-0.25, -0.2) is 0 Å². The lowest BCUT2D eigenvalue weighted by atomic mass is 9.86. The molecule has 0 saturated heterocycles. The number of benzene rings is 1. The molecule has 0 heterocycles. The molecular formula is C14H16N2. The Bertz CT molecular complexity index is 464. The van der Waals surface area contributed by atoms with E-state index in [0.717, 1.165) is 12.8 Å². The third kappa shape index (κ3) is 2.32. The number of nitrogens with two attached hydrogens (primary N) is 1. The molecule has 2 N–H and O–H groups in total. The Kier molecular flexibility index (Phi) is 2.80. The highest BCUT2D eigenvalue weighted by molar-refractivity contribution is 5.59. The number of nitriles is 1. The molecule has 1 aliphatic carbocycles. The second kappa shape index (κ2) is 4.11. The number of aryl methyl sites for hydroxylation is 1. The Morgan fingerprint density at radius 3 is 2.88 bits per heavy atom. The van der Waals surface area contributed by atoms with Gasteiger partial charge in [-0.15, -0.1) is 0 Å². The summed E-state index contributed by atoms with van der Waals surface area (Å²) in [5, 5.41) is 8.92. The zero-order chi connectivity index (χ0) is 11.6. The van der Waals surface area contributed by atoms with Crippen LogP contribution in [0.25, 0.3) is 6.08 Å². The van der Waals surface area contributed by atoms with Crippen LogP contribution < -0.4 is 5.73 Å². The SMILES string of the molecule is CC(N)(C#N)CC1=Cc2ccccc2CC1. The molecule has 2 nitrogen and oxygen atoms in total. The second-order valence-corrected chi connectivity index (χ2v) is 4.71. The maximum absolute atomic E-state index is 8.92. The molecule has 0 fully saturated rings. The van der Waals surface area contributed by atoms with Gasteiger partial charge < -0.3 is 5.73 Å². The van der Waals surface area contributed by atoms with Gasteiger partial charge in [0.25, 0.3) is 0 Å². The minimum absolute atomic E-state index is 0.665. The Morgan fingerprint density at radius 2 is 2.12 bits per heavy atom. The highest BCUT2D eigenvalue weighted by atomic mass is 14.7. The fourth-order valence-corrected chi connectivity index (χ4v) is 2.14. The van der Waals surface area contributed by atoms with Crippen molar-refractivity contribution in [3.8, 4) is 6.07 Å². The van der Waals surface area contributed by atoms with E-state index in [2.05, 4.69) is 30.3 Å². The number of fused-ring (bicyclic) bond motifs is 1. The summed E-state index contributed by atoms with van der Waals surface area (Å²) in [7, 11) is 0. The van der Waals surface area contributed by atoms with Crippen molar-refractivity contribution in [1.82, 2.24) is 0 Å². The van der Waals surface area contributed by atoms with Crippen LogP contribution >= 0.6 is 0 Å². The molecule has 0 saturated carbocycles. The van der Waals surface area contributed by atoms with Crippen molar-refractivity contribution in [1.29, 1.82) is 5.26 Å². The summed E-state index contributed by atoms with van der Waals surface area (Å²) in [5.74, 6) is 0. The molecule has 0 radical (unpaired) electrons. The van der Waals surface area contributed by atoms with Gasteiger partial charge in [-0.2, -0.15) is 5.26 Å². The second-order valence-electron chi connectivity index (χ2n) is 4.71. The van der Waals surface area contributed by atoms with Crippen LogP contribution in [0.5, 0.6) is 0 Å². The van der Waals surface area contributed by atoms with Crippen LogP contribution in [0.15, 0.2) is 29.8 Å². The Hall–Kier alpha value is -1.59. The number of hydrogen-bond acceptors (Lipinski definition) is 2. The summed E-state index contributed by atoms with van der Waals surface area (Å²) in [4.78, 5) is 0. The molecule has 1 aromatic carbocycles. The molecule has 1 aliphatic rings. The Morgan fingerprint density at radius 1 is 1.38 bits per heavy atom. The summed E-state index contributed by atoms with van der Waals surface area (Å²) >= 11 is 0. The number of nitrogens with zero attached hydrogens (tertiary/aromatic N) is 1. The molecule has 2 rings (SSSR count). The topological polar surface area (TPSA) is 49.8 Å². The molecule has 2 heteroatoms. The molecule has 0 amide bonds. The highest BCUT2D eigenvalue weighted by Gasteiger charge is 2.21. The molecule has 1 aromatic rings. The van der Waals surface area contributed by atoms with Crippen molar-refractivity contribution in [3.05, 3.63) is 41.0 Å². The number of rotatable bonds is 2. The average Bonchev–Trinajstić information content (AvgIpc) is 2.28. The summed E-state index contributed by atoms with van der Waals surface area (Å²) < 4.78 is 0. The normalized spacial score (nSPS) is 17.9. The predicted molar refractivity (Wildman–Crippen MR) is 65.6 cm³/mol. The van der Waals surface area contributed by atoms with Crippen molar-refractivity contribution in [2.45, 2.75) is 31.7 Å². The van der Waals surface area contributed by atoms with E-state index in [1.165, 1.54) is 16.7 Å². The molecular weight excluding hydrogens is 196 g/mol. The summed E-state index contributed by atoms with van der Waals surface area (Å²) in [5.41, 5.74) is 9.08. The highest BCUT2D eigenvalue weighted by Crippen LogP contribution is 2.27. The van der Waals surface area contributed by atoms with Crippen LogP contribution in [0.3, 0.4) is 0 Å². The van der Waals surface area contributed by atoms with Gasteiger partial charge >= 0.3 is 0 Å². The van der Waals surface area contributed by atoms with E-state index in [1.807, 2.05) is 6.07 Å². The fraction of sp³-hybridized carbons (Fsp3) is 0.357. The van der Waals surface area contributed by atoms with E-state index >= 15 is 0 Å². The van der Waals surface area contributed by atoms with E-state index in [1.54, 1.807) is 6.92 Å². The first-order chi connectivity index (χ1) is 7.61. The molecule has 0 aromatic heterocycles. The van der Waals surface area contributed by atoms with Gasteiger partial charge in [0.1, 0.15) is 5.54 Å². The van der Waals surface area contributed by atoms with Gasteiger partial charge in [-0.05, 0) is 37.3 Å². The zero-order valence-corrected chi connectivity index (χ0v) is 9.53. The van der Waals surface area contributed by atoms with Crippen molar-refractivity contribution in [2.24, 2.45) is 5.73 Å². The van der Waals surface area contributed by atoms with Crippen LogP contribution in [-0.2, 0) is 6.42 Å². The Balaban J connectivity index is 2.22. The van der Waals surface area contributed by atoms with Crippen molar-refractivity contribution >= 4 is 6.08 Å². The average molecular weight is 212 g/mol. The molecule has 0 aliphatic heterocycles. The third-order valence-corrected chi connectivity index (χ3v) is 2.98. The van der Waals surface area contributed by atoms with Gasteiger partial charge in [0.2, 0.25) is 0 Å². The third-order valence-electron chi connectivity index (χ3n) is 2.98. The van der Waals surface area contributed by atoms with Crippen molar-refractivity contribution in [2.75, 3.05) is 0 Å². The van der Waals surface area contributed by atoms with Crippen LogP contribution in [0, 0.1) is 11.3 Å². The molecule has 16 heavy (non-hydrogen) atoms. The predicted octanol–water partition coefficient (Wildman–Crippen LogP) is 2.65. The molecule has 82 valence electrons. The zero-order valence-electron chi connectivity index (χ0n) is 9.53. The monoisotopic (exact) mass is 212 g/mol. The van der Waals surface area contributed by atoms with E-state index in [0.29, 0.717) is 6.42 Å². The summed E-state index contributed by atoms with van der Waals surface area (Å²) in [6, 6.07) is 10.5. The fourth-order valence-electron chi connectivity index (χ4n) is 2.14. The number of hydrogen-bond donors (Lipinski definition) is 1. The molecule has 0 bridgehead atoms. The lowest BCUT2D eigenvalue weighted by Gasteiger charge is -2.21. The quantitative estimate of drug-likeness (QED) is 0.819. The molecule has 1 unspecified atom stereocenters. The van der Waals surface area contributed by atoms with Crippen LogP contribution in [0.1, 0.15) is 30.9 Å². The first-order valence-electron chi connectivity index (χ1n) is 5.58. The first kappa shape index (κ1) is 10.9. The lowest BCUT2D eigenvalue weighted by molar-refractivity contribution is 0.580. The van der Waals surface area contributed by atoms with E-state index in [9.17, 15) is 0 Å². The van der Waals surface area contributed by atoms with Gasteiger partial charge in [-0.3, -0.25) is 0 Å². The van der Waals surface area contributed by atoms with Crippen LogP contribution in [0.4, 0.5) is 0 Å². The summed E-state index contributed by atoms with van der Waals surface area (Å²) in [6.45, 7) is 1.79. The minimum Gasteiger partial charge on any atom is -0.313 e. The maximum atomic E-state index is 8.92. The maximum Gasteiger partial charge on any atom is 0.105 e. The largest absolute Gasteiger partial charge is 0.313 e. The van der Waals surface area contributed by atoms with E-state index < -0.39 is 5.54 Å².